The van der Waals surface area contributed by atoms with Gasteiger partial charge in [0, 0.05) is 0 Å². The van der Waals surface area contributed by atoms with Gasteiger partial charge in [0.05, 0.1) is 22.2 Å². The average Bonchev–Trinajstić information content (AvgIpc) is 2.72. The number of carbonyl (C=O) groups is 1. The summed E-state index contributed by atoms with van der Waals surface area (Å²) in [6.07, 6.45) is 3.30. The lowest BCUT2D eigenvalue weighted by Crippen LogP contribution is -2.22. The van der Waals surface area contributed by atoms with E-state index in [0.717, 1.165) is 0 Å². The van der Waals surface area contributed by atoms with Crippen molar-refractivity contribution in [3.8, 4) is 5.69 Å². The summed E-state index contributed by atoms with van der Waals surface area (Å²) in [6, 6.07) is 19.0. The van der Waals surface area contributed by atoms with Crippen LogP contribution in [0.25, 0.3) is 28.7 Å². The van der Waals surface area contributed by atoms with Gasteiger partial charge >= 0.3 is 5.97 Å². The summed E-state index contributed by atoms with van der Waals surface area (Å²) >= 11 is 0. The highest BCUT2D eigenvalue weighted by Crippen LogP contribution is 2.16. The number of aromatic nitrogens is 2. The van der Waals surface area contributed by atoms with Crippen LogP contribution in [0.15, 0.2) is 77.6 Å². The molecule has 4 rings (SSSR count). The van der Waals surface area contributed by atoms with Crippen molar-refractivity contribution in [2.24, 2.45) is 0 Å². The summed E-state index contributed by atoms with van der Waals surface area (Å²) in [6.45, 7) is 0. The van der Waals surface area contributed by atoms with Gasteiger partial charge in [-0.05, 0) is 60.2 Å². The molecule has 3 aromatic carbocycles. The number of carboxylic acids is 1. The predicted molar refractivity (Wildman–Crippen MR) is 110 cm³/mol. The van der Waals surface area contributed by atoms with Crippen LogP contribution >= 0.6 is 0 Å². The lowest BCUT2D eigenvalue weighted by Gasteiger charge is -2.11. The number of rotatable bonds is 4. The minimum atomic E-state index is -1.05. The van der Waals surface area contributed by atoms with E-state index in [4.69, 9.17) is 5.11 Å². The average molecular weight is 386 g/mol. The van der Waals surface area contributed by atoms with E-state index < -0.39 is 5.97 Å². The number of fused-ring (bicyclic) bond motifs is 1. The molecule has 0 fully saturated rings. The van der Waals surface area contributed by atoms with Gasteiger partial charge in [-0.25, -0.2) is 14.2 Å². The molecular formula is C23H15FN2O3. The predicted octanol–water partition coefficient (Wildman–Crippen LogP) is 4.39. The van der Waals surface area contributed by atoms with E-state index in [1.165, 1.54) is 28.8 Å². The molecule has 5 nitrogen and oxygen atoms in total. The highest BCUT2D eigenvalue weighted by molar-refractivity contribution is 5.88. The SMILES string of the molecule is O=C(O)c1ccc(-n2c(/C=C/c3cccc(F)c3)nc3ccccc3c2=O)cc1. The molecule has 0 aliphatic carbocycles. The van der Waals surface area contributed by atoms with E-state index in [-0.39, 0.29) is 16.9 Å². The smallest absolute Gasteiger partial charge is 0.335 e. The number of hydrogen-bond acceptors (Lipinski definition) is 3. The number of para-hydroxylation sites is 1. The molecule has 0 saturated carbocycles. The zero-order valence-electron chi connectivity index (χ0n) is 15.1. The van der Waals surface area contributed by atoms with Gasteiger partial charge in [-0.1, -0.05) is 30.3 Å². The van der Waals surface area contributed by atoms with Crippen LogP contribution in [0.4, 0.5) is 4.39 Å². The van der Waals surface area contributed by atoms with Gasteiger partial charge in [-0.15, -0.1) is 0 Å². The number of carboxylic acid groups (broad SMARTS) is 1. The largest absolute Gasteiger partial charge is 0.478 e. The Hall–Kier alpha value is -4.06. The highest BCUT2D eigenvalue weighted by atomic mass is 19.1. The van der Waals surface area contributed by atoms with Crippen LogP contribution in [0.5, 0.6) is 0 Å². The maximum Gasteiger partial charge on any atom is 0.335 e. The van der Waals surface area contributed by atoms with E-state index in [1.807, 2.05) is 0 Å². The molecule has 4 aromatic rings. The first-order chi connectivity index (χ1) is 14.0. The van der Waals surface area contributed by atoms with Gasteiger partial charge in [-0.2, -0.15) is 0 Å². The molecule has 0 aliphatic heterocycles. The second-order valence-corrected chi connectivity index (χ2v) is 6.37. The molecule has 0 bridgehead atoms. The molecule has 0 unspecified atom stereocenters. The molecule has 0 amide bonds. The van der Waals surface area contributed by atoms with Gasteiger partial charge in [0.2, 0.25) is 0 Å². The van der Waals surface area contributed by atoms with Crippen molar-refractivity contribution in [3.05, 3.63) is 106 Å². The summed E-state index contributed by atoms with van der Waals surface area (Å²) < 4.78 is 14.9. The molecule has 0 atom stereocenters. The molecule has 0 radical (unpaired) electrons. The molecule has 29 heavy (non-hydrogen) atoms. The minimum absolute atomic E-state index is 0.118. The highest BCUT2D eigenvalue weighted by Gasteiger charge is 2.12. The Morgan fingerprint density at radius 1 is 0.966 bits per heavy atom. The Morgan fingerprint density at radius 3 is 2.45 bits per heavy atom. The number of benzene rings is 3. The second-order valence-electron chi connectivity index (χ2n) is 6.37. The van der Waals surface area contributed by atoms with Crippen LogP contribution in [0.3, 0.4) is 0 Å². The molecule has 1 heterocycles. The van der Waals surface area contributed by atoms with Gasteiger partial charge in [0.15, 0.2) is 0 Å². The molecule has 0 saturated heterocycles. The van der Waals surface area contributed by atoms with Crippen molar-refractivity contribution in [2.45, 2.75) is 0 Å². The Kier molecular flexibility index (Phi) is 4.75. The summed E-state index contributed by atoms with van der Waals surface area (Å²) in [5, 5.41) is 9.55. The molecule has 0 aliphatic rings. The van der Waals surface area contributed by atoms with Crippen molar-refractivity contribution in [2.75, 3.05) is 0 Å². The van der Waals surface area contributed by atoms with Crippen LogP contribution in [0, 0.1) is 5.82 Å². The fraction of sp³-hybridized carbons (Fsp3) is 0. The number of hydrogen-bond donors (Lipinski definition) is 1. The third-order valence-corrected chi connectivity index (χ3v) is 4.45. The van der Waals surface area contributed by atoms with E-state index in [2.05, 4.69) is 4.98 Å². The van der Waals surface area contributed by atoms with Crippen molar-refractivity contribution >= 4 is 29.0 Å². The van der Waals surface area contributed by atoms with Gasteiger partial charge in [-0.3, -0.25) is 9.36 Å². The third-order valence-electron chi connectivity index (χ3n) is 4.45. The summed E-state index contributed by atoms with van der Waals surface area (Å²) in [5.74, 6) is -1.06. The van der Waals surface area contributed by atoms with Gasteiger partial charge < -0.3 is 5.11 Å². The third kappa shape index (κ3) is 3.68. The monoisotopic (exact) mass is 386 g/mol. The molecular weight excluding hydrogens is 371 g/mol. The molecule has 1 aromatic heterocycles. The quantitative estimate of drug-likeness (QED) is 0.565. The Bertz CT molecular complexity index is 1310. The zero-order chi connectivity index (χ0) is 20.4. The minimum Gasteiger partial charge on any atom is -0.478 e. The van der Waals surface area contributed by atoms with Gasteiger partial charge in [0.25, 0.3) is 5.56 Å². The molecule has 6 heteroatoms. The molecule has 142 valence electrons. The van der Waals surface area contributed by atoms with Crippen LogP contribution in [-0.2, 0) is 0 Å². The first-order valence-electron chi connectivity index (χ1n) is 8.82. The maximum absolute atomic E-state index is 13.5. The number of nitrogens with zero attached hydrogens (tertiary/aromatic N) is 2. The fourth-order valence-electron chi connectivity index (χ4n) is 3.05. The summed E-state index contributed by atoms with van der Waals surface area (Å²) in [4.78, 5) is 28.8. The topological polar surface area (TPSA) is 72.2 Å². The van der Waals surface area contributed by atoms with E-state index in [1.54, 1.807) is 60.7 Å². The number of halogens is 1. The van der Waals surface area contributed by atoms with Crippen molar-refractivity contribution < 1.29 is 14.3 Å². The van der Waals surface area contributed by atoms with E-state index in [0.29, 0.717) is 28.0 Å². The second kappa shape index (κ2) is 7.52. The van der Waals surface area contributed by atoms with E-state index in [9.17, 15) is 14.0 Å². The van der Waals surface area contributed by atoms with Crippen molar-refractivity contribution in [3.63, 3.8) is 0 Å². The van der Waals surface area contributed by atoms with Crippen molar-refractivity contribution in [1.29, 1.82) is 0 Å². The maximum atomic E-state index is 13.5. The summed E-state index contributed by atoms with van der Waals surface area (Å²) in [5.41, 5.74) is 1.48. The Balaban J connectivity index is 1.91. The number of aromatic carboxylic acids is 1. The standard InChI is InChI=1S/C23H15FN2O3/c24-17-5-3-4-15(14-17)8-13-21-25-20-7-2-1-6-19(20)22(27)26(21)18-11-9-16(10-12-18)23(28)29/h1-14H,(H,28,29)/b13-8+. The zero-order valence-corrected chi connectivity index (χ0v) is 15.1. The first-order valence-corrected chi connectivity index (χ1v) is 8.82. The Labute approximate surface area is 165 Å². The van der Waals surface area contributed by atoms with Crippen LogP contribution in [-0.4, -0.2) is 20.6 Å². The lowest BCUT2D eigenvalue weighted by atomic mass is 10.1. The van der Waals surface area contributed by atoms with Crippen LogP contribution in [0.1, 0.15) is 21.7 Å². The summed E-state index contributed by atoms with van der Waals surface area (Å²) in [7, 11) is 0. The van der Waals surface area contributed by atoms with Crippen LogP contribution < -0.4 is 5.56 Å². The Morgan fingerprint density at radius 2 is 1.72 bits per heavy atom. The molecule has 1 N–H and O–H groups in total. The first kappa shape index (κ1) is 18.3. The van der Waals surface area contributed by atoms with Crippen LogP contribution in [0.2, 0.25) is 0 Å². The lowest BCUT2D eigenvalue weighted by molar-refractivity contribution is 0.0697. The normalized spacial score (nSPS) is 11.2. The van der Waals surface area contributed by atoms with Crippen molar-refractivity contribution in [1.82, 2.24) is 9.55 Å². The van der Waals surface area contributed by atoms with Gasteiger partial charge in [0.1, 0.15) is 11.6 Å². The van der Waals surface area contributed by atoms with E-state index >= 15 is 0 Å². The molecule has 0 spiro atoms. The fourth-order valence-corrected chi connectivity index (χ4v) is 3.05.